The number of carbonyl (C=O) groups is 1. The lowest BCUT2D eigenvalue weighted by Gasteiger charge is -2.33. The van der Waals surface area contributed by atoms with Gasteiger partial charge in [0.05, 0.1) is 19.4 Å². The number of amides is 1. The molecule has 3 rings (SSSR count). The average Bonchev–Trinajstić information content (AvgIpc) is 3.24. The maximum atomic E-state index is 12.4. The zero-order valence-electron chi connectivity index (χ0n) is 16.8. The Morgan fingerprint density at radius 3 is 2.75 bits per heavy atom. The summed E-state index contributed by atoms with van der Waals surface area (Å²) in [5.41, 5.74) is 1.66. The largest absolute Gasteiger partial charge is 0.467 e. The summed E-state index contributed by atoms with van der Waals surface area (Å²) in [4.78, 5) is 19.5. The first-order valence-electron chi connectivity index (χ1n) is 10.1. The number of carbonyl (C=O) groups excluding carboxylic acids is 1. The molecule has 1 saturated heterocycles. The highest BCUT2D eigenvalue weighted by molar-refractivity contribution is 5.94. The molecule has 0 saturated carbocycles. The van der Waals surface area contributed by atoms with Crippen LogP contribution in [-0.4, -0.2) is 36.4 Å². The van der Waals surface area contributed by atoms with Crippen LogP contribution < -0.4 is 10.6 Å². The first-order chi connectivity index (χ1) is 13.7. The number of furan rings is 1. The first kappa shape index (κ1) is 20.0. The fraction of sp³-hybridized carbons (Fsp3) is 0.455. The van der Waals surface area contributed by atoms with Gasteiger partial charge in [0.2, 0.25) is 0 Å². The predicted molar refractivity (Wildman–Crippen MR) is 111 cm³/mol. The Kier molecular flexibility index (Phi) is 7.12. The third-order valence-electron chi connectivity index (χ3n) is 5.02. The van der Waals surface area contributed by atoms with Crippen LogP contribution in [0.3, 0.4) is 0 Å². The number of aliphatic imine (C=N–C) groups is 1. The van der Waals surface area contributed by atoms with Crippen molar-refractivity contribution < 1.29 is 9.21 Å². The lowest BCUT2D eigenvalue weighted by molar-refractivity contribution is 0.0948. The van der Waals surface area contributed by atoms with Crippen LogP contribution in [-0.2, 0) is 13.1 Å². The van der Waals surface area contributed by atoms with Crippen molar-refractivity contribution in [3.8, 4) is 0 Å². The minimum atomic E-state index is -0.112. The van der Waals surface area contributed by atoms with Crippen LogP contribution in [0.4, 0.5) is 0 Å². The number of nitrogens with one attached hydrogen (secondary N) is 2. The van der Waals surface area contributed by atoms with Gasteiger partial charge in [0.1, 0.15) is 5.76 Å². The standard InChI is InChI=1S/C22H30N4O2/c1-3-23-22(26-11-9-17(2)10-12-26)25-15-18-6-4-7-19(14-18)21(27)24-16-20-8-5-13-28-20/h4-8,13-14,17H,3,9-12,15-16H2,1-2H3,(H,23,25)(H,24,27). The van der Waals surface area contributed by atoms with Crippen LogP contribution in [0.15, 0.2) is 52.1 Å². The topological polar surface area (TPSA) is 69.9 Å². The molecule has 0 aliphatic carbocycles. The highest BCUT2D eigenvalue weighted by atomic mass is 16.3. The van der Waals surface area contributed by atoms with Crippen molar-refractivity contribution in [3.63, 3.8) is 0 Å². The van der Waals surface area contributed by atoms with Gasteiger partial charge in [-0.05, 0) is 55.5 Å². The Labute approximate surface area is 167 Å². The molecule has 1 amide bonds. The van der Waals surface area contributed by atoms with E-state index in [1.807, 2.05) is 36.4 Å². The van der Waals surface area contributed by atoms with E-state index in [0.29, 0.717) is 18.7 Å². The molecule has 1 aromatic carbocycles. The van der Waals surface area contributed by atoms with E-state index < -0.39 is 0 Å². The second kappa shape index (κ2) is 9.97. The van der Waals surface area contributed by atoms with Gasteiger partial charge in [-0.3, -0.25) is 4.79 Å². The number of piperidine rings is 1. The van der Waals surface area contributed by atoms with Crippen LogP contribution in [0.5, 0.6) is 0 Å². The van der Waals surface area contributed by atoms with Gasteiger partial charge in [0.15, 0.2) is 5.96 Å². The molecule has 2 N–H and O–H groups in total. The Balaban J connectivity index is 1.61. The maximum Gasteiger partial charge on any atom is 0.251 e. The van der Waals surface area contributed by atoms with E-state index in [-0.39, 0.29) is 5.91 Å². The number of hydrogen-bond acceptors (Lipinski definition) is 3. The molecule has 0 atom stereocenters. The number of hydrogen-bond donors (Lipinski definition) is 2. The van der Waals surface area contributed by atoms with Crippen molar-refractivity contribution in [2.24, 2.45) is 10.9 Å². The second-order valence-corrected chi connectivity index (χ2v) is 7.30. The summed E-state index contributed by atoms with van der Waals surface area (Å²) in [6, 6.07) is 11.3. The molecule has 1 fully saturated rings. The zero-order chi connectivity index (χ0) is 19.8. The lowest BCUT2D eigenvalue weighted by Crippen LogP contribution is -2.45. The highest BCUT2D eigenvalue weighted by Gasteiger charge is 2.18. The number of likely N-dealkylation sites (tertiary alicyclic amines) is 1. The third kappa shape index (κ3) is 5.62. The molecule has 0 radical (unpaired) electrons. The molecule has 1 aromatic heterocycles. The SMILES string of the molecule is CCNC(=NCc1cccc(C(=O)NCc2ccco2)c1)N1CCC(C)CC1. The Morgan fingerprint density at radius 2 is 2.04 bits per heavy atom. The average molecular weight is 383 g/mol. The van der Waals surface area contributed by atoms with Gasteiger partial charge in [0, 0.05) is 25.2 Å². The van der Waals surface area contributed by atoms with Crippen molar-refractivity contribution in [2.75, 3.05) is 19.6 Å². The summed E-state index contributed by atoms with van der Waals surface area (Å²) >= 11 is 0. The van der Waals surface area contributed by atoms with Gasteiger partial charge in [0.25, 0.3) is 5.91 Å². The van der Waals surface area contributed by atoms with E-state index in [0.717, 1.165) is 42.8 Å². The van der Waals surface area contributed by atoms with E-state index in [2.05, 4.69) is 29.4 Å². The van der Waals surface area contributed by atoms with E-state index in [1.165, 1.54) is 12.8 Å². The van der Waals surface area contributed by atoms with E-state index in [1.54, 1.807) is 6.26 Å². The van der Waals surface area contributed by atoms with Crippen LogP contribution >= 0.6 is 0 Å². The van der Waals surface area contributed by atoms with Crippen molar-refractivity contribution in [2.45, 2.75) is 39.8 Å². The Hall–Kier alpha value is -2.76. The monoisotopic (exact) mass is 382 g/mol. The van der Waals surface area contributed by atoms with Crippen molar-refractivity contribution in [1.82, 2.24) is 15.5 Å². The molecule has 0 spiro atoms. The Bertz CT molecular complexity index is 778. The Morgan fingerprint density at radius 1 is 1.21 bits per heavy atom. The number of rotatable bonds is 6. The van der Waals surface area contributed by atoms with Crippen LogP contribution in [0.2, 0.25) is 0 Å². The van der Waals surface area contributed by atoms with Crippen molar-refractivity contribution >= 4 is 11.9 Å². The van der Waals surface area contributed by atoms with Gasteiger partial charge in [-0.2, -0.15) is 0 Å². The number of benzene rings is 1. The summed E-state index contributed by atoms with van der Waals surface area (Å²) < 4.78 is 5.25. The summed E-state index contributed by atoms with van der Waals surface area (Å²) in [5.74, 6) is 2.37. The summed E-state index contributed by atoms with van der Waals surface area (Å²) in [5, 5.41) is 6.28. The molecular weight excluding hydrogens is 352 g/mol. The number of guanidine groups is 1. The van der Waals surface area contributed by atoms with Gasteiger partial charge < -0.3 is 20.0 Å². The van der Waals surface area contributed by atoms with Crippen molar-refractivity contribution in [1.29, 1.82) is 0 Å². The molecule has 0 bridgehead atoms. The molecule has 6 nitrogen and oxygen atoms in total. The first-order valence-corrected chi connectivity index (χ1v) is 10.1. The fourth-order valence-corrected chi connectivity index (χ4v) is 3.31. The van der Waals surface area contributed by atoms with Gasteiger partial charge in [-0.15, -0.1) is 0 Å². The molecule has 0 unspecified atom stereocenters. The summed E-state index contributed by atoms with van der Waals surface area (Å²) in [7, 11) is 0. The normalized spacial score (nSPS) is 15.5. The quantitative estimate of drug-likeness (QED) is 0.593. The van der Waals surface area contributed by atoms with Gasteiger partial charge in [-0.1, -0.05) is 19.1 Å². The fourth-order valence-electron chi connectivity index (χ4n) is 3.31. The highest BCUT2D eigenvalue weighted by Crippen LogP contribution is 2.16. The third-order valence-corrected chi connectivity index (χ3v) is 5.02. The summed E-state index contributed by atoms with van der Waals surface area (Å²) in [6.07, 6.45) is 4.01. The van der Waals surface area contributed by atoms with Crippen LogP contribution in [0.1, 0.15) is 48.4 Å². The predicted octanol–water partition coefficient (Wildman–Crippen LogP) is 3.41. The van der Waals surface area contributed by atoms with Crippen LogP contribution in [0, 0.1) is 5.92 Å². The second-order valence-electron chi connectivity index (χ2n) is 7.30. The molecular formula is C22H30N4O2. The van der Waals surface area contributed by atoms with Gasteiger partial charge in [-0.25, -0.2) is 4.99 Å². The van der Waals surface area contributed by atoms with Crippen LogP contribution in [0.25, 0.3) is 0 Å². The molecule has 1 aliphatic rings. The minimum absolute atomic E-state index is 0.112. The number of nitrogens with zero attached hydrogens (tertiary/aromatic N) is 2. The molecule has 2 aromatic rings. The summed E-state index contributed by atoms with van der Waals surface area (Å²) in [6.45, 7) is 8.26. The minimum Gasteiger partial charge on any atom is -0.467 e. The molecule has 2 heterocycles. The zero-order valence-corrected chi connectivity index (χ0v) is 16.8. The molecule has 28 heavy (non-hydrogen) atoms. The molecule has 6 heteroatoms. The maximum absolute atomic E-state index is 12.4. The molecule has 150 valence electrons. The smallest absolute Gasteiger partial charge is 0.251 e. The van der Waals surface area contributed by atoms with Crippen molar-refractivity contribution in [3.05, 3.63) is 59.5 Å². The van der Waals surface area contributed by atoms with E-state index in [4.69, 9.17) is 9.41 Å². The van der Waals surface area contributed by atoms with E-state index >= 15 is 0 Å². The molecule has 1 aliphatic heterocycles. The van der Waals surface area contributed by atoms with Gasteiger partial charge >= 0.3 is 0 Å². The van der Waals surface area contributed by atoms with E-state index in [9.17, 15) is 4.79 Å². The lowest BCUT2D eigenvalue weighted by atomic mass is 10.00.